The van der Waals surface area contributed by atoms with Gasteiger partial charge >= 0.3 is 0 Å². The molecule has 1 amide bonds. The highest BCUT2D eigenvalue weighted by molar-refractivity contribution is 6.35. The van der Waals surface area contributed by atoms with E-state index in [0.717, 1.165) is 11.3 Å². The fourth-order valence-electron chi connectivity index (χ4n) is 2.29. The van der Waals surface area contributed by atoms with E-state index in [-0.39, 0.29) is 21.8 Å². The normalized spacial score (nSPS) is 10.6. The van der Waals surface area contributed by atoms with Crippen LogP contribution in [0, 0.1) is 6.92 Å². The minimum atomic E-state index is -0.363. The van der Waals surface area contributed by atoms with Crippen LogP contribution in [0.3, 0.4) is 0 Å². The average molecular weight is 361 g/mol. The summed E-state index contributed by atoms with van der Waals surface area (Å²) in [5.41, 5.74) is 2.15. The number of carbonyl (C=O) groups is 1. The molecule has 7 heteroatoms. The Morgan fingerprint density at radius 2 is 1.92 bits per heavy atom. The molecule has 1 aromatic carbocycles. The molecule has 2 aromatic heterocycles. The molecular formula is C17H14Cl2N4O. The fraction of sp³-hybridized carbons (Fsp3) is 0.118. The van der Waals surface area contributed by atoms with Crippen molar-refractivity contribution in [3.63, 3.8) is 0 Å². The van der Waals surface area contributed by atoms with E-state index >= 15 is 0 Å². The first-order chi connectivity index (χ1) is 11.5. The molecule has 24 heavy (non-hydrogen) atoms. The van der Waals surface area contributed by atoms with Gasteiger partial charge in [0.15, 0.2) is 0 Å². The summed E-state index contributed by atoms with van der Waals surface area (Å²) < 4.78 is 1.74. The second-order valence-electron chi connectivity index (χ2n) is 5.24. The second kappa shape index (κ2) is 7.03. The minimum absolute atomic E-state index is 0.0610. The number of hydrogen-bond donors (Lipinski definition) is 1. The molecule has 0 fully saturated rings. The molecule has 122 valence electrons. The van der Waals surface area contributed by atoms with Crippen molar-refractivity contribution < 1.29 is 4.79 Å². The Morgan fingerprint density at radius 1 is 1.17 bits per heavy atom. The highest BCUT2D eigenvalue weighted by Crippen LogP contribution is 2.19. The summed E-state index contributed by atoms with van der Waals surface area (Å²) in [5, 5.41) is 7.54. The van der Waals surface area contributed by atoms with Crippen LogP contribution in [0.4, 0.5) is 5.82 Å². The Hall–Kier alpha value is -2.37. The predicted octanol–water partition coefficient (Wildman–Crippen LogP) is 4.19. The van der Waals surface area contributed by atoms with Gasteiger partial charge in [-0.25, -0.2) is 9.67 Å². The van der Waals surface area contributed by atoms with Crippen LogP contribution in [0.15, 0.2) is 48.5 Å². The Kier molecular flexibility index (Phi) is 4.83. The molecule has 0 spiro atoms. The third kappa shape index (κ3) is 3.75. The number of nitrogens with one attached hydrogen (secondary N) is 1. The van der Waals surface area contributed by atoms with E-state index in [9.17, 15) is 4.79 Å². The number of aromatic nitrogens is 3. The molecule has 0 aliphatic heterocycles. The number of benzene rings is 1. The lowest BCUT2D eigenvalue weighted by Crippen LogP contribution is -2.17. The summed E-state index contributed by atoms with van der Waals surface area (Å²) in [6.45, 7) is 2.42. The summed E-state index contributed by atoms with van der Waals surface area (Å²) in [6, 6.07) is 14.7. The van der Waals surface area contributed by atoms with Gasteiger partial charge in [-0.05, 0) is 24.6 Å². The first-order valence-electron chi connectivity index (χ1n) is 7.25. The fourth-order valence-corrected chi connectivity index (χ4v) is 2.72. The predicted molar refractivity (Wildman–Crippen MR) is 94.7 cm³/mol. The van der Waals surface area contributed by atoms with E-state index in [1.165, 1.54) is 12.1 Å². The largest absolute Gasteiger partial charge is 0.307 e. The summed E-state index contributed by atoms with van der Waals surface area (Å²) in [5.74, 6) is 0.228. The van der Waals surface area contributed by atoms with Crippen molar-refractivity contribution in [3.05, 3.63) is 75.7 Å². The van der Waals surface area contributed by atoms with Crippen LogP contribution < -0.4 is 5.32 Å². The molecule has 0 aliphatic carbocycles. The van der Waals surface area contributed by atoms with E-state index in [0.29, 0.717) is 12.4 Å². The molecule has 0 bridgehead atoms. The number of halogens is 2. The van der Waals surface area contributed by atoms with Gasteiger partial charge in [-0.3, -0.25) is 4.79 Å². The molecular weight excluding hydrogens is 347 g/mol. The van der Waals surface area contributed by atoms with Gasteiger partial charge in [0.2, 0.25) is 0 Å². The van der Waals surface area contributed by atoms with Crippen LogP contribution in [-0.4, -0.2) is 20.7 Å². The molecule has 3 aromatic rings. The monoisotopic (exact) mass is 360 g/mol. The molecule has 0 unspecified atom stereocenters. The maximum Gasteiger partial charge on any atom is 0.259 e. The van der Waals surface area contributed by atoms with E-state index in [1.54, 1.807) is 10.7 Å². The van der Waals surface area contributed by atoms with Gasteiger partial charge in [-0.1, -0.05) is 53.5 Å². The zero-order chi connectivity index (χ0) is 17.1. The number of amides is 1. The quantitative estimate of drug-likeness (QED) is 0.709. The zero-order valence-corrected chi connectivity index (χ0v) is 14.3. The number of anilines is 1. The number of rotatable bonds is 4. The van der Waals surface area contributed by atoms with Gasteiger partial charge in [-0.2, -0.15) is 5.10 Å². The molecule has 0 saturated heterocycles. The highest BCUT2D eigenvalue weighted by Gasteiger charge is 2.15. The first kappa shape index (κ1) is 16.5. The molecule has 0 radical (unpaired) electrons. The van der Waals surface area contributed by atoms with Crippen LogP contribution in [0.1, 0.15) is 21.6 Å². The van der Waals surface area contributed by atoms with Crippen LogP contribution in [0.5, 0.6) is 0 Å². The number of hydrogen-bond acceptors (Lipinski definition) is 3. The lowest BCUT2D eigenvalue weighted by Gasteiger charge is -2.10. The molecule has 0 atom stereocenters. The summed E-state index contributed by atoms with van der Waals surface area (Å²) in [6.07, 6.45) is 0. The van der Waals surface area contributed by atoms with Crippen molar-refractivity contribution in [2.75, 3.05) is 5.32 Å². The maximum atomic E-state index is 12.4. The van der Waals surface area contributed by atoms with E-state index in [2.05, 4.69) is 15.4 Å². The Balaban J connectivity index is 1.83. The number of aryl methyl sites for hydroxylation is 1. The van der Waals surface area contributed by atoms with Gasteiger partial charge in [0.05, 0.1) is 17.8 Å². The maximum absolute atomic E-state index is 12.4. The van der Waals surface area contributed by atoms with E-state index in [1.807, 2.05) is 37.3 Å². The van der Waals surface area contributed by atoms with Gasteiger partial charge in [-0.15, -0.1) is 0 Å². The van der Waals surface area contributed by atoms with Gasteiger partial charge in [0.25, 0.3) is 5.91 Å². The smallest absolute Gasteiger partial charge is 0.259 e. The van der Waals surface area contributed by atoms with E-state index < -0.39 is 0 Å². The Morgan fingerprint density at radius 3 is 2.62 bits per heavy atom. The van der Waals surface area contributed by atoms with Crippen LogP contribution >= 0.6 is 23.2 Å². The average Bonchev–Trinajstić information content (AvgIpc) is 2.87. The summed E-state index contributed by atoms with van der Waals surface area (Å²) >= 11 is 11.7. The number of carbonyl (C=O) groups excluding carboxylic acids is 1. The third-order valence-corrected chi connectivity index (χ3v) is 3.88. The standard InChI is InChI=1S/C17H14Cl2N4O/c1-11-9-15(23(22-11)10-12-5-3-2-4-6-12)21-17(24)13-7-8-14(18)20-16(13)19/h2-9H,10H2,1H3,(H,21,24). The topological polar surface area (TPSA) is 59.8 Å². The van der Waals surface area contributed by atoms with E-state index in [4.69, 9.17) is 23.2 Å². The molecule has 5 nitrogen and oxygen atoms in total. The third-order valence-electron chi connectivity index (χ3n) is 3.38. The molecule has 1 N–H and O–H groups in total. The van der Waals surface area contributed by atoms with Crippen LogP contribution in [0.2, 0.25) is 10.3 Å². The molecule has 0 saturated carbocycles. The number of nitrogens with zero attached hydrogens (tertiary/aromatic N) is 3. The molecule has 2 heterocycles. The van der Waals surface area contributed by atoms with Crippen molar-refractivity contribution in [1.29, 1.82) is 0 Å². The Labute approximate surface area is 149 Å². The minimum Gasteiger partial charge on any atom is -0.307 e. The van der Waals surface area contributed by atoms with Gasteiger partial charge < -0.3 is 5.32 Å². The second-order valence-corrected chi connectivity index (χ2v) is 5.99. The summed E-state index contributed by atoms with van der Waals surface area (Å²) in [7, 11) is 0. The van der Waals surface area contributed by atoms with Crippen molar-refractivity contribution >= 4 is 34.9 Å². The highest BCUT2D eigenvalue weighted by atomic mass is 35.5. The van der Waals surface area contributed by atoms with Crippen molar-refractivity contribution in [3.8, 4) is 0 Å². The SMILES string of the molecule is Cc1cc(NC(=O)c2ccc(Cl)nc2Cl)n(Cc2ccccc2)n1. The molecule has 3 rings (SSSR count). The van der Waals surface area contributed by atoms with Gasteiger partial charge in [0.1, 0.15) is 16.1 Å². The van der Waals surface area contributed by atoms with Crippen molar-refractivity contribution in [1.82, 2.24) is 14.8 Å². The Bertz CT molecular complexity index is 878. The van der Waals surface area contributed by atoms with Crippen molar-refractivity contribution in [2.45, 2.75) is 13.5 Å². The van der Waals surface area contributed by atoms with Crippen LogP contribution in [0.25, 0.3) is 0 Å². The first-order valence-corrected chi connectivity index (χ1v) is 8.00. The lowest BCUT2D eigenvalue weighted by molar-refractivity contribution is 0.102. The molecule has 0 aliphatic rings. The zero-order valence-electron chi connectivity index (χ0n) is 12.8. The van der Waals surface area contributed by atoms with Crippen LogP contribution in [-0.2, 0) is 6.54 Å². The summed E-state index contributed by atoms with van der Waals surface area (Å²) in [4.78, 5) is 16.3. The van der Waals surface area contributed by atoms with Crippen molar-refractivity contribution in [2.24, 2.45) is 0 Å². The number of pyridine rings is 1. The van der Waals surface area contributed by atoms with Gasteiger partial charge in [0, 0.05) is 6.07 Å². The lowest BCUT2D eigenvalue weighted by atomic mass is 10.2.